The Labute approximate surface area is 121 Å². The summed E-state index contributed by atoms with van der Waals surface area (Å²) < 4.78 is 25.3. The molecule has 0 spiro atoms. The number of halogens is 2. The van der Waals surface area contributed by atoms with Crippen LogP contribution in [0.25, 0.3) is 0 Å². The number of hydrogen-bond donors (Lipinski definition) is 0. The Balaban J connectivity index is 2.37. The van der Waals surface area contributed by atoms with Crippen molar-refractivity contribution in [3.63, 3.8) is 0 Å². The van der Waals surface area contributed by atoms with Crippen LogP contribution in [0.1, 0.15) is 16.5 Å². The van der Waals surface area contributed by atoms with Gasteiger partial charge in [-0.1, -0.05) is 29.8 Å². The molecule has 0 amide bonds. The molecular weight excluding hydrogens is 303 g/mol. The first-order chi connectivity index (χ1) is 9.00. The molecular formula is C14H10Cl2O2S. The topological polar surface area (TPSA) is 34.1 Å². The second kappa shape index (κ2) is 4.51. The predicted molar refractivity (Wildman–Crippen MR) is 75.6 cm³/mol. The van der Waals surface area contributed by atoms with Gasteiger partial charge in [0.05, 0.1) is 15.2 Å². The average molecular weight is 313 g/mol. The Hall–Kier alpha value is -1.03. The van der Waals surface area contributed by atoms with Crippen molar-refractivity contribution in [1.29, 1.82) is 0 Å². The zero-order valence-corrected chi connectivity index (χ0v) is 12.1. The van der Waals surface area contributed by atoms with Crippen LogP contribution in [0.2, 0.25) is 5.02 Å². The molecule has 0 saturated carbocycles. The maximum atomic E-state index is 12.7. The van der Waals surface area contributed by atoms with Crippen LogP contribution in [-0.2, 0) is 16.3 Å². The average Bonchev–Trinajstić information content (AvgIpc) is 2.45. The molecule has 98 valence electrons. The fourth-order valence-corrected chi connectivity index (χ4v) is 4.71. The van der Waals surface area contributed by atoms with E-state index in [-0.39, 0.29) is 4.90 Å². The van der Waals surface area contributed by atoms with Crippen molar-refractivity contribution in [2.45, 2.75) is 21.6 Å². The van der Waals surface area contributed by atoms with Crippen molar-refractivity contribution in [1.82, 2.24) is 0 Å². The van der Waals surface area contributed by atoms with E-state index in [4.69, 9.17) is 23.2 Å². The third kappa shape index (κ3) is 2.06. The van der Waals surface area contributed by atoms with Gasteiger partial charge in [-0.15, -0.1) is 11.6 Å². The van der Waals surface area contributed by atoms with E-state index in [1.54, 1.807) is 30.3 Å². The highest BCUT2D eigenvalue weighted by Crippen LogP contribution is 2.40. The van der Waals surface area contributed by atoms with Crippen LogP contribution >= 0.6 is 23.2 Å². The predicted octanol–water partition coefficient (Wildman–Crippen LogP) is 4.01. The molecule has 1 aliphatic rings. The molecule has 3 rings (SSSR count). The molecule has 2 aromatic carbocycles. The van der Waals surface area contributed by atoms with Gasteiger partial charge in [-0.2, -0.15) is 0 Å². The highest BCUT2D eigenvalue weighted by molar-refractivity contribution is 7.91. The number of benzene rings is 2. The van der Waals surface area contributed by atoms with Gasteiger partial charge in [0.25, 0.3) is 0 Å². The lowest BCUT2D eigenvalue weighted by atomic mass is 10.0. The van der Waals surface area contributed by atoms with E-state index in [1.165, 1.54) is 6.07 Å². The maximum absolute atomic E-state index is 12.7. The minimum Gasteiger partial charge on any atom is -0.218 e. The molecule has 2 aromatic rings. The highest BCUT2D eigenvalue weighted by atomic mass is 35.5. The summed E-state index contributed by atoms with van der Waals surface area (Å²) in [6.45, 7) is 0. The van der Waals surface area contributed by atoms with E-state index >= 15 is 0 Å². The van der Waals surface area contributed by atoms with Gasteiger partial charge in [0.1, 0.15) is 0 Å². The van der Waals surface area contributed by atoms with Crippen LogP contribution in [-0.4, -0.2) is 8.42 Å². The summed E-state index contributed by atoms with van der Waals surface area (Å²) in [5.41, 5.74) is 1.32. The molecule has 0 radical (unpaired) electrons. The Bertz CT molecular complexity index is 754. The Morgan fingerprint density at radius 2 is 1.79 bits per heavy atom. The van der Waals surface area contributed by atoms with Crippen LogP contribution in [0.15, 0.2) is 52.3 Å². The standard InChI is InChI=1S/C14H10Cl2O2S/c15-10-5-6-14-11(8-10)12(16)7-9-3-1-2-4-13(9)19(14,17)18/h1-6,8,12H,7H2/t12-/m0/s1. The third-order valence-electron chi connectivity index (χ3n) is 3.26. The lowest BCUT2D eigenvalue weighted by Gasteiger charge is -2.10. The SMILES string of the molecule is O=S1(=O)c2ccccc2C[C@H](Cl)c2cc(Cl)ccc21. The van der Waals surface area contributed by atoms with E-state index in [0.29, 0.717) is 21.9 Å². The van der Waals surface area contributed by atoms with Gasteiger partial charge in [-0.25, -0.2) is 8.42 Å². The third-order valence-corrected chi connectivity index (χ3v) is 5.81. The van der Waals surface area contributed by atoms with Gasteiger partial charge in [0.2, 0.25) is 9.84 Å². The van der Waals surface area contributed by atoms with E-state index in [0.717, 1.165) is 5.56 Å². The number of alkyl halides is 1. The summed E-state index contributed by atoms with van der Waals surface area (Å²) in [5.74, 6) is 0. The molecule has 0 aliphatic carbocycles. The van der Waals surface area contributed by atoms with Gasteiger partial charge >= 0.3 is 0 Å². The summed E-state index contributed by atoms with van der Waals surface area (Å²) >= 11 is 12.3. The molecule has 0 saturated heterocycles. The maximum Gasteiger partial charge on any atom is 0.207 e. The Kier molecular flexibility index (Phi) is 3.08. The van der Waals surface area contributed by atoms with Gasteiger partial charge in [0.15, 0.2) is 0 Å². The molecule has 5 heteroatoms. The van der Waals surface area contributed by atoms with Crippen molar-refractivity contribution in [2.24, 2.45) is 0 Å². The summed E-state index contributed by atoms with van der Waals surface area (Å²) in [5, 5.41) is 0.0951. The normalized spacial score (nSPS) is 20.2. The Morgan fingerprint density at radius 3 is 2.58 bits per heavy atom. The van der Waals surface area contributed by atoms with Gasteiger partial charge in [-0.05, 0) is 41.8 Å². The van der Waals surface area contributed by atoms with Crippen LogP contribution in [0, 0.1) is 0 Å². The first-order valence-electron chi connectivity index (χ1n) is 5.76. The monoisotopic (exact) mass is 312 g/mol. The first-order valence-corrected chi connectivity index (χ1v) is 8.06. The molecule has 2 nitrogen and oxygen atoms in total. The molecule has 1 atom stereocenters. The largest absolute Gasteiger partial charge is 0.218 e. The molecule has 0 aromatic heterocycles. The number of fused-ring (bicyclic) bond motifs is 2. The van der Waals surface area contributed by atoms with Crippen LogP contribution in [0.5, 0.6) is 0 Å². The second-order valence-corrected chi connectivity index (χ2v) is 7.31. The Morgan fingerprint density at radius 1 is 1.05 bits per heavy atom. The lowest BCUT2D eigenvalue weighted by Crippen LogP contribution is -2.04. The van der Waals surface area contributed by atoms with E-state index < -0.39 is 15.2 Å². The minimum atomic E-state index is -3.53. The molecule has 0 bridgehead atoms. The quantitative estimate of drug-likeness (QED) is 0.689. The number of sulfone groups is 1. The second-order valence-electron chi connectivity index (χ2n) is 4.46. The number of hydrogen-bond acceptors (Lipinski definition) is 2. The summed E-state index contributed by atoms with van der Waals surface area (Å²) in [6.07, 6.45) is 0.476. The van der Waals surface area contributed by atoms with Crippen molar-refractivity contribution in [2.75, 3.05) is 0 Å². The van der Waals surface area contributed by atoms with E-state index in [1.807, 2.05) is 6.07 Å². The van der Waals surface area contributed by atoms with Crippen molar-refractivity contribution < 1.29 is 8.42 Å². The van der Waals surface area contributed by atoms with E-state index in [2.05, 4.69) is 0 Å². The molecule has 19 heavy (non-hydrogen) atoms. The molecule has 0 unspecified atom stereocenters. The summed E-state index contributed by atoms with van der Waals surface area (Å²) in [4.78, 5) is 0.587. The molecule has 0 N–H and O–H groups in total. The van der Waals surface area contributed by atoms with Gasteiger partial charge in [0, 0.05) is 5.02 Å². The molecule has 1 heterocycles. The molecule has 0 fully saturated rings. The minimum absolute atomic E-state index is 0.252. The van der Waals surface area contributed by atoms with Crippen LogP contribution in [0.4, 0.5) is 0 Å². The zero-order chi connectivity index (χ0) is 13.6. The van der Waals surface area contributed by atoms with Crippen LogP contribution < -0.4 is 0 Å². The smallest absolute Gasteiger partial charge is 0.207 e. The fourth-order valence-electron chi connectivity index (χ4n) is 2.36. The summed E-state index contributed by atoms with van der Waals surface area (Å²) in [7, 11) is -3.53. The lowest BCUT2D eigenvalue weighted by molar-refractivity contribution is 0.595. The van der Waals surface area contributed by atoms with Crippen molar-refractivity contribution in [3.8, 4) is 0 Å². The van der Waals surface area contributed by atoms with Crippen molar-refractivity contribution in [3.05, 3.63) is 58.6 Å². The number of rotatable bonds is 0. The zero-order valence-electron chi connectivity index (χ0n) is 9.81. The summed E-state index contributed by atoms with van der Waals surface area (Å²) in [6, 6.07) is 11.7. The molecule has 1 aliphatic heterocycles. The van der Waals surface area contributed by atoms with E-state index in [9.17, 15) is 8.42 Å². The van der Waals surface area contributed by atoms with Crippen LogP contribution in [0.3, 0.4) is 0 Å². The van der Waals surface area contributed by atoms with Crippen molar-refractivity contribution >= 4 is 33.0 Å². The van der Waals surface area contributed by atoms with Gasteiger partial charge < -0.3 is 0 Å². The van der Waals surface area contributed by atoms with Gasteiger partial charge in [-0.3, -0.25) is 0 Å². The fraction of sp³-hybridized carbons (Fsp3) is 0.143. The first kappa shape index (κ1) is 13.0. The highest BCUT2D eigenvalue weighted by Gasteiger charge is 2.31.